The zero-order valence-electron chi connectivity index (χ0n) is 11.1. The second-order valence-electron chi connectivity index (χ2n) is 5.46. The van der Waals surface area contributed by atoms with Crippen molar-refractivity contribution >= 4 is 27.7 Å². The minimum absolute atomic E-state index is 0.118. The first-order valence-electron chi connectivity index (χ1n) is 6.83. The summed E-state index contributed by atoms with van der Waals surface area (Å²) in [5, 5.41) is 11.4. The van der Waals surface area contributed by atoms with Crippen molar-refractivity contribution in [1.29, 1.82) is 0 Å². The van der Waals surface area contributed by atoms with Gasteiger partial charge in [0.2, 0.25) is 0 Å². The fourth-order valence-corrected chi connectivity index (χ4v) is 2.87. The smallest absolute Gasteiger partial charge is 0.307 e. The predicted molar refractivity (Wildman–Crippen MR) is 78.5 cm³/mol. The molecule has 0 saturated heterocycles. The van der Waals surface area contributed by atoms with Gasteiger partial charge in [-0.15, -0.1) is 0 Å². The van der Waals surface area contributed by atoms with Crippen LogP contribution in [0.4, 0.5) is 0 Å². The van der Waals surface area contributed by atoms with Crippen molar-refractivity contribution in [3.8, 4) is 0 Å². The van der Waals surface area contributed by atoms with Gasteiger partial charge in [0.25, 0.3) is 0 Å². The Kier molecular flexibility index (Phi) is 2.42. The van der Waals surface area contributed by atoms with Crippen LogP contribution in [0.1, 0.15) is 18.1 Å². The van der Waals surface area contributed by atoms with Crippen molar-refractivity contribution in [2.45, 2.75) is 12.3 Å². The van der Waals surface area contributed by atoms with Gasteiger partial charge in [0.15, 0.2) is 5.43 Å². The molecule has 0 radical (unpaired) electrons. The van der Waals surface area contributed by atoms with Crippen molar-refractivity contribution in [2.75, 3.05) is 0 Å². The van der Waals surface area contributed by atoms with Crippen LogP contribution >= 0.6 is 0 Å². The molecule has 0 bridgehead atoms. The Morgan fingerprint density at radius 2 is 1.95 bits per heavy atom. The monoisotopic (exact) mass is 280 g/mol. The van der Waals surface area contributed by atoms with Gasteiger partial charge < -0.3 is 9.52 Å². The number of carboxylic acids is 1. The van der Waals surface area contributed by atoms with Crippen LogP contribution in [0.5, 0.6) is 0 Å². The molecule has 4 rings (SSSR count). The molecule has 2 aromatic carbocycles. The molecule has 1 N–H and O–H groups in total. The summed E-state index contributed by atoms with van der Waals surface area (Å²) in [7, 11) is 0. The second kappa shape index (κ2) is 4.19. The maximum atomic E-state index is 12.2. The van der Waals surface area contributed by atoms with Gasteiger partial charge in [-0.25, -0.2) is 0 Å². The van der Waals surface area contributed by atoms with Crippen LogP contribution in [0.25, 0.3) is 21.7 Å². The van der Waals surface area contributed by atoms with Crippen LogP contribution in [-0.2, 0) is 4.79 Å². The van der Waals surface area contributed by atoms with Gasteiger partial charge in [-0.3, -0.25) is 9.59 Å². The van der Waals surface area contributed by atoms with E-state index >= 15 is 0 Å². The van der Waals surface area contributed by atoms with Crippen LogP contribution in [0.2, 0.25) is 0 Å². The number of hydrogen-bond donors (Lipinski definition) is 1. The molecule has 0 amide bonds. The van der Waals surface area contributed by atoms with Crippen molar-refractivity contribution in [3.63, 3.8) is 0 Å². The first-order chi connectivity index (χ1) is 10.1. The van der Waals surface area contributed by atoms with Gasteiger partial charge in [0.05, 0.1) is 11.3 Å². The lowest BCUT2D eigenvalue weighted by Crippen LogP contribution is -2.04. The normalized spacial score (nSPS) is 20.8. The molecule has 1 heterocycles. The van der Waals surface area contributed by atoms with Crippen molar-refractivity contribution in [1.82, 2.24) is 0 Å². The Bertz CT molecular complexity index is 938. The zero-order valence-corrected chi connectivity index (χ0v) is 11.1. The van der Waals surface area contributed by atoms with Gasteiger partial charge in [-0.1, -0.05) is 30.3 Å². The average Bonchev–Trinajstić information content (AvgIpc) is 3.27. The lowest BCUT2D eigenvalue weighted by molar-refractivity contribution is -0.138. The molecular weight excluding hydrogens is 268 g/mol. The van der Waals surface area contributed by atoms with E-state index in [9.17, 15) is 9.59 Å². The second-order valence-corrected chi connectivity index (χ2v) is 5.46. The predicted octanol–water partition coefficient (Wildman–Crippen LogP) is 3.13. The van der Waals surface area contributed by atoms with E-state index < -0.39 is 11.9 Å². The molecular formula is C17H12O4. The molecule has 104 valence electrons. The Hall–Kier alpha value is -2.62. The van der Waals surface area contributed by atoms with Crippen molar-refractivity contribution in [3.05, 3.63) is 58.4 Å². The molecule has 4 heteroatoms. The van der Waals surface area contributed by atoms with E-state index in [1.54, 1.807) is 6.07 Å². The highest BCUT2D eigenvalue weighted by atomic mass is 16.4. The maximum Gasteiger partial charge on any atom is 0.307 e. The van der Waals surface area contributed by atoms with E-state index in [0.29, 0.717) is 23.2 Å². The summed E-state index contributed by atoms with van der Waals surface area (Å²) < 4.78 is 5.90. The Balaban J connectivity index is 1.98. The highest BCUT2D eigenvalue weighted by molar-refractivity contribution is 6.03. The molecule has 1 saturated carbocycles. The zero-order chi connectivity index (χ0) is 14.6. The van der Waals surface area contributed by atoms with Crippen molar-refractivity contribution < 1.29 is 14.3 Å². The van der Waals surface area contributed by atoms with E-state index in [4.69, 9.17) is 9.52 Å². The van der Waals surface area contributed by atoms with Crippen LogP contribution in [0, 0.1) is 5.92 Å². The third kappa shape index (κ3) is 1.83. The number of fused-ring (bicyclic) bond motifs is 3. The maximum absolute atomic E-state index is 12.2. The van der Waals surface area contributed by atoms with Gasteiger partial charge in [0, 0.05) is 17.4 Å². The quantitative estimate of drug-likeness (QED) is 0.732. The highest BCUT2D eigenvalue weighted by Gasteiger charge is 2.46. The van der Waals surface area contributed by atoms with E-state index in [2.05, 4.69) is 0 Å². The summed E-state index contributed by atoms with van der Waals surface area (Å²) in [5.74, 6) is -0.962. The third-order valence-corrected chi connectivity index (χ3v) is 4.11. The molecule has 3 aromatic rings. The van der Waals surface area contributed by atoms with Gasteiger partial charge in [-0.05, 0) is 17.9 Å². The molecule has 21 heavy (non-hydrogen) atoms. The molecule has 2 atom stereocenters. The Labute approximate surface area is 119 Å². The number of benzene rings is 2. The van der Waals surface area contributed by atoms with Gasteiger partial charge in [0.1, 0.15) is 11.3 Å². The molecule has 1 aromatic heterocycles. The Morgan fingerprint density at radius 3 is 2.71 bits per heavy atom. The fourth-order valence-electron chi connectivity index (χ4n) is 2.87. The minimum Gasteiger partial charge on any atom is -0.481 e. The van der Waals surface area contributed by atoms with Crippen LogP contribution in [0.15, 0.2) is 51.7 Å². The van der Waals surface area contributed by atoms with Gasteiger partial charge >= 0.3 is 5.97 Å². The number of aliphatic carboxylic acids is 1. The first-order valence-corrected chi connectivity index (χ1v) is 6.83. The summed E-state index contributed by atoms with van der Waals surface area (Å²) in [6.45, 7) is 0. The Morgan fingerprint density at radius 1 is 1.14 bits per heavy atom. The van der Waals surface area contributed by atoms with Gasteiger partial charge in [-0.2, -0.15) is 0 Å². The molecule has 1 fully saturated rings. The first kappa shape index (κ1) is 12.1. The summed E-state index contributed by atoms with van der Waals surface area (Å²) in [6.07, 6.45) is 0.536. The number of hydrogen-bond acceptors (Lipinski definition) is 3. The largest absolute Gasteiger partial charge is 0.481 e. The molecule has 0 aliphatic heterocycles. The average molecular weight is 280 g/mol. The minimum atomic E-state index is -0.833. The lowest BCUT2D eigenvalue weighted by atomic mass is 10.1. The highest BCUT2D eigenvalue weighted by Crippen LogP contribution is 2.47. The van der Waals surface area contributed by atoms with Crippen LogP contribution < -0.4 is 5.43 Å². The standard InChI is InChI=1S/C17H12O4/c18-14-8-15(12-7-13(12)17(19)20)21-16-10-4-2-1-3-9(10)5-6-11(14)16/h1-6,8,12-13H,7H2,(H,19,20). The SMILES string of the molecule is O=C(O)C1CC1c1cc(=O)c2ccc3ccccc3c2o1. The van der Waals surface area contributed by atoms with Crippen molar-refractivity contribution in [2.24, 2.45) is 5.92 Å². The van der Waals surface area contributed by atoms with Crippen LogP contribution in [0.3, 0.4) is 0 Å². The summed E-state index contributed by atoms with van der Waals surface area (Å²) in [6, 6.07) is 12.8. The van der Waals surface area contributed by atoms with Crippen LogP contribution in [-0.4, -0.2) is 11.1 Å². The third-order valence-electron chi connectivity index (χ3n) is 4.11. The van der Waals surface area contributed by atoms with E-state index in [-0.39, 0.29) is 11.3 Å². The topological polar surface area (TPSA) is 67.5 Å². The fraction of sp³-hybridized carbons (Fsp3) is 0.176. The molecule has 1 aliphatic rings. The summed E-state index contributed by atoms with van der Waals surface area (Å²) >= 11 is 0. The van der Waals surface area contributed by atoms with E-state index in [0.717, 1.165) is 10.8 Å². The molecule has 2 unspecified atom stereocenters. The molecule has 0 spiro atoms. The molecule has 1 aliphatic carbocycles. The molecule has 4 nitrogen and oxygen atoms in total. The number of rotatable bonds is 2. The summed E-state index contributed by atoms with van der Waals surface area (Å²) in [4.78, 5) is 23.2. The van der Waals surface area contributed by atoms with E-state index in [1.807, 2.05) is 30.3 Å². The lowest BCUT2D eigenvalue weighted by Gasteiger charge is -2.05. The number of carbonyl (C=O) groups is 1. The van der Waals surface area contributed by atoms with E-state index in [1.165, 1.54) is 6.07 Å². The summed E-state index contributed by atoms with van der Waals surface area (Å²) in [5.41, 5.74) is 0.430. The number of carboxylic acid groups (broad SMARTS) is 1.